The van der Waals surface area contributed by atoms with Crippen LogP contribution in [0.1, 0.15) is 12.8 Å². The largest absolute Gasteiger partial charge is 0.0844 e. The summed E-state index contributed by atoms with van der Waals surface area (Å²) in [6, 6.07) is 0. The van der Waals surface area contributed by atoms with E-state index in [4.69, 9.17) is 0 Å². The minimum absolute atomic E-state index is 1.08. The van der Waals surface area contributed by atoms with Crippen molar-refractivity contribution in [2.45, 2.75) is 12.8 Å². The fraction of sp³-hybridized carbons (Fsp3) is 0.333. The lowest BCUT2D eigenvalue weighted by atomic mass is 10.2. The average Bonchev–Trinajstić information content (AvgIpc) is 1.69. The van der Waals surface area contributed by atoms with E-state index >= 15 is 0 Å². The van der Waals surface area contributed by atoms with Crippen LogP contribution in [-0.2, 0) is 0 Å². The fourth-order valence-electron chi connectivity index (χ4n) is 0.571. The second kappa shape index (κ2) is 2.31. The molecule has 0 aliphatic heterocycles. The topological polar surface area (TPSA) is 0 Å². The van der Waals surface area contributed by atoms with Gasteiger partial charge in [-0.15, -0.1) is 0 Å². The highest BCUT2D eigenvalue weighted by Crippen LogP contribution is 2.15. The summed E-state index contributed by atoms with van der Waals surface area (Å²) in [4.78, 5) is 0. The maximum absolute atomic E-state index is 3.40. The predicted octanol–water partition coefficient (Wildman–Crippen LogP) is 2.62. The van der Waals surface area contributed by atoms with Gasteiger partial charge in [-0.1, -0.05) is 34.2 Å². The standard InChI is InChI=1S/C6H7Br/c7-6-4-2-1-3-5-6/h1-2,5H,3-4H2. The molecule has 1 heteroatoms. The molecule has 0 atom stereocenters. The minimum atomic E-state index is 1.08. The lowest BCUT2D eigenvalue weighted by molar-refractivity contribution is 1.22. The molecule has 1 rings (SSSR count). The van der Waals surface area contributed by atoms with Gasteiger partial charge in [0.2, 0.25) is 0 Å². The molecule has 0 bridgehead atoms. The van der Waals surface area contributed by atoms with E-state index in [1.165, 1.54) is 4.48 Å². The zero-order valence-corrected chi connectivity index (χ0v) is 5.61. The van der Waals surface area contributed by atoms with Gasteiger partial charge in [-0.3, -0.25) is 0 Å². The van der Waals surface area contributed by atoms with Gasteiger partial charge in [-0.2, -0.15) is 0 Å². The highest BCUT2D eigenvalue weighted by molar-refractivity contribution is 9.11. The molecule has 1 aliphatic rings. The molecule has 0 aromatic rings. The van der Waals surface area contributed by atoms with Crippen LogP contribution in [0, 0.1) is 0 Å². The van der Waals surface area contributed by atoms with Gasteiger partial charge < -0.3 is 0 Å². The van der Waals surface area contributed by atoms with Crippen molar-refractivity contribution < 1.29 is 0 Å². The summed E-state index contributed by atoms with van der Waals surface area (Å²) >= 11 is 3.40. The zero-order chi connectivity index (χ0) is 5.11. The Hall–Kier alpha value is -0.0400. The molecule has 0 radical (unpaired) electrons. The van der Waals surface area contributed by atoms with E-state index in [1.54, 1.807) is 0 Å². The summed E-state index contributed by atoms with van der Waals surface area (Å²) in [6.07, 6.45) is 8.70. The first kappa shape index (κ1) is 5.10. The van der Waals surface area contributed by atoms with Gasteiger partial charge in [0, 0.05) is 0 Å². The number of halogens is 1. The van der Waals surface area contributed by atoms with E-state index in [0.717, 1.165) is 12.8 Å². The fourth-order valence-corrected chi connectivity index (χ4v) is 0.945. The van der Waals surface area contributed by atoms with Crippen LogP contribution >= 0.6 is 15.9 Å². The second-order valence-corrected chi connectivity index (χ2v) is 2.58. The van der Waals surface area contributed by atoms with E-state index < -0.39 is 0 Å². The van der Waals surface area contributed by atoms with Crippen molar-refractivity contribution in [2.24, 2.45) is 0 Å². The van der Waals surface area contributed by atoms with Crippen molar-refractivity contribution in [1.29, 1.82) is 0 Å². The molecule has 0 fully saturated rings. The van der Waals surface area contributed by atoms with Crippen LogP contribution in [-0.4, -0.2) is 0 Å². The van der Waals surface area contributed by atoms with Crippen LogP contribution in [0.4, 0.5) is 0 Å². The Morgan fingerprint density at radius 1 is 1.43 bits per heavy atom. The monoisotopic (exact) mass is 158 g/mol. The Morgan fingerprint density at radius 3 is 2.57 bits per heavy atom. The average molecular weight is 159 g/mol. The molecule has 0 heterocycles. The van der Waals surface area contributed by atoms with Crippen molar-refractivity contribution in [3.05, 3.63) is 22.7 Å². The molecular formula is C6H7Br. The lowest BCUT2D eigenvalue weighted by Gasteiger charge is -1.96. The third kappa shape index (κ3) is 1.48. The molecule has 0 N–H and O–H groups in total. The Labute approximate surface area is 52.0 Å². The van der Waals surface area contributed by atoms with Crippen LogP contribution in [0.25, 0.3) is 0 Å². The van der Waals surface area contributed by atoms with Crippen LogP contribution < -0.4 is 0 Å². The Kier molecular flexibility index (Phi) is 1.69. The quantitative estimate of drug-likeness (QED) is 0.476. The SMILES string of the molecule is BrC1=CCC=CC1. The Bertz CT molecular complexity index is 111. The molecule has 0 spiro atoms. The van der Waals surface area contributed by atoms with E-state index in [2.05, 4.69) is 34.2 Å². The lowest BCUT2D eigenvalue weighted by Crippen LogP contribution is -1.73. The molecule has 0 aromatic carbocycles. The number of allylic oxidation sites excluding steroid dienone is 4. The molecule has 0 aromatic heterocycles. The van der Waals surface area contributed by atoms with E-state index in [-0.39, 0.29) is 0 Å². The van der Waals surface area contributed by atoms with Crippen molar-refractivity contribution >= 4 is 15.9 Å². The third-order valence-electron chi connectivity index (χ3n) is 0.955. The highest BCUT2D eigenvalue weighted by atomic mass is 79.9. The maximum Gasteiger partial charge on any atom is -0.00340 e. The summed E-state index contributed by atoms with van der Waals surface area (Å²) in [6.45, 7) is 0. The van der Waals surface area contributed by atoms with E-state index in [1.807, 2.05) is 0 Å². The van der Waals surface area contributed by atoms with Gasteiger partial charge in [0.25, 0.3) is 0 Å². The van der Waals surface area contributed by atoms with E-state index in [9.17, 15) is 0 Å². The van der Waals surface area contributed by atoms with Crippen LogP contribution in [0.3, 0.4) is 0 Å². The number of hydrogen-bond donors (Lipinski definition) is 0. The Balaban J connectivity index is 2.50. The van der Waals surface area contributed by atoms with Crippen molar-refractivity contribution in [3.63, 3.8) is 0 Å². The molecule has 0 nitrogen and oxygen atoms in total. The molecule has 0 amide bonds. The van der Waals surface area contributed by atoms with Gasteiger partial charge in [0.05, 0.1) is 0 Å². The van der Waals surface area contributed by atoms with Gasteiger partial charge in [0.15, 0.2) is 0 Å². The van der Waals surface area contributed by atoms with Crippen LogP contribution in [0.2, 0.25) is 0 Å². The molecule has 38 valence electrons. The first-order chi connectivity index (χ1) is 3.39. The first-order valence-corrected chi connectivity index (χ1v) is 3.18. The normalized spacial score (nSPS) is 19.3. The first-order valence-electron chi connectivity index (χ1n) is 2.39. The summed E-state index contributed by atoms with van der Waals surface area (Å²) in [5.74, 6) is 0. The molecule has 0 saturated carbocycles. The molecule has 7 heavy (non-hydrogen) atoms. The smallest absolute Gasteiger partial charge is 0.00340 e. The molecule has 0 saturated heterocycles. The van der Waals surface area contributed by atoms with Crippen LogP contribution in [0.5, 0.6) is 0 Å². The summed E-state index contributed by atoms with van der Waals surface area (Å²) in [5.41, 5.74) is 0. The van der Waals surface area contributed by atoms with Crippen LogP contribution in [0.15, 0.2) is 22.7 Å². The summed E-state index contributed by atoms with van der Waals surface area (Å²) < 4.78 is 1.31. The van der Waals surface area contributed by atoms with Gasteiger partial charge in [-0.25, -0.2) is 0 Å². The zero-order valence-electron chi connectivity index (χ0n) is 4.02. The third-order valence-corrected chi connectivity index (χ3v) is 1.60. The minimum Gasteiger partial charge on any atom is -0.0844 e. The van der Waals surface area contributed by atoms with Crippen molar-refractivity contribution in [3.8, 4) is 0 Å². The van der Waals surface area contributed by atoms with Crippen molar-refractivity contribution in [2.75, 3.05) is 0 Å². The highest BCUT2D eigenvalue weighted by Gasteiger charge is 1.89. The van der Waals surface area contributed by atoms with Gasteiger partial charge in [0.1, 0.15) is 0 Å². The number of hydrogen-bond acceptors (Lipinski definition) is 0. The second-order valence-electron chi connectivity index (χ2n) is 1.56. The summed E-state index contributed by atoms with van der Waals surface area (Å²) in [7, 11) is 0. The van der Waals surface area contributed by atoms with Gasteiger partial charge in [-0.05, 0) is 17.3 Å². The number of rotatable bonds is 0. The maximum atomic E-state index is 3.40. The predicted molar refractivity (Wildman–Crippen MR) is 35.4 cm³/mol. The molecule has 1 aliphatic carbocycles. The summed E-state index contributed by atoms with van der Waals surface area (Å²) in [5, 5.41) is 0. The molecular weight excluding hydrogens is 152 g/mol. The van der Waals surface area contributed by atoms with E-state index in [0.29, 0.717) is 0 Å². The Morgan fingerprint density at radius 2 is 2.29 bits per heavy atom. The van der Waals surface area contributed by atoms with Crippen molar-refractivity contribution in [1.82, 2.24) is 0 Å². The van der Waals surface area contributed by atoms with Gasteiger partial charge >= 0.3 is 0 Å². The molecule has 0 unspecified atom stereocenters.